The lowest BCUT2D eigenvalue weighted by atomic mass is 9.88. The van der Waals surface area contributed by atoms with Gasteiger partial charge in [-0.05, 0) is 32.9 Å². The molecule has 0 aromatic carbocycles. The van der Waals surface area contributed by atoms with E-state index >= 15 is 0 Å². The zero-order chi connectivity index (χ0) is 9.19. The van der Waals surface area contributed by atoms with Gasteiger partial charge < -0.3 is 4.90 Å². The Morgan fingerprint density at radius 3 is 2.25 bits per heavy atom. The second-order valence-electron chi connectivity index (χ2n) is 4.42. The number of hydrogen-bond acceptors (Lipinski definition) is 2. The van der Waals surface area contributed by atoms with Crippen LogP contribution in [0.4, 0.5) is 0 Å². The van der Waals surface area contributed by atoms with Gasteiger partial charge in [0.1, 0.15) is 5.78 Å². The standard InChI is InChI=1S/C10H19NO/c1-9(12)10(2,3)8-11-6-4-5-7-11/h4-8H2,1-3H3. The lowest BCUT2D eigenvalue weighted by molar-refractivity contribution is -0.125. The number of Topliss-reactive ketones (excluding diaryl/α,β-unsaturated/α-hetero) is 1. The topological polar surface area (TPSA) is 20.3 Å². The summed E-state index contributed by atoms with van der Waals surface area (Å²) in [5.74, 6) is 0.300. The average molecular weight is 169 g/mol. The highest BCUT2D eigenvalue weighted by atomic mass is 16.1. The summed E-state index contributed by atoms with van der Waals surface area (Å²) < 4.78 is 0. The van der Waals surface area contributed by atoms with Crippen molar-refractivity contribution < 1.29 is 4.79 Å². The van der Waals surface area contributed by atoms with Gasteiger partial charge in [0, 0.05) is 12.0 Å². The average Bonchev–Trinajstić information content (AvgIpc) is 2.38. The molecule has 0 amide bonds. The molecule has 0 unspecified atom stereocenters. The third-order valence-electron chi connectivity index (χ3n) is 2.77. The number of rotatable bonds is 3. The van der Waals surface area contributed by atoms with Crippen molar-refractivity contribution in [2.45, 2.75) is 33.6 Å². The van der Waals surface area contributed by atoms with Crippen molar-refractivity contribution in [1.82, 2.24) is 4.90 Å². The zero-order valence-electron chi connectivity index (χ0n) is 8.39. The molecule has 1 heterocycles. The SMILES string of the molecule is CC(=O)C(C)(C)CN1CCCC1. The van der Waals surface area contributed by atoms with Gasteiger partial charge in [-0.2, -0.15) is 0 Å². The minimum atomic E-state index is -0.148. The third-order valence-corrected chi connectivity index (χ3v) is 2.77. The number of carbonyl (C=O) groups excluding carboxylic acids is 1. The highest BCUT2D eigenvalue weighted by Gasteiger charge is 2.27. The van der Waals surface area contributed by atoms with E-state index in [9.17, 15) is 4.79 Å². The van der Waals surface area contributed by atoms with Gasteiger partial charge in [0.15, 0.2) is 0 Å². The first-order valence-corrected chi connectivity index (χ1v) is 4.76. The summed E-state index contributed by atoms with van der Waals surface area (Å²) in [6.07, 6.45) is 2.60. The summed E-state index contributed by atoms with van der Waals surface area (Å²) in [4.78, 5) is 13.6. The lowest BCUT2D eigenvalue weighted by Crippen LogP contribution is -2.36. The van der Waals surface area contributed by atoms with E-state index in [1.54, 1.807) is 6.92 Å². The lowest BCUT2D eigenvalue weighted by Gasteiger charge is -2.27. The van der Waals surface area contributed by atoms with E-state index in [-0.39, 0.29) is 5.41 Å². The number of ketones is 1. The van der Waals surface area contributed by atoms with Crippen molar-refractivity contribution in [2.75, 3.05) is 19.6 Å². The fourth-order valence-electron chi connectivity index (χ4n) is 1.61. The molecule has 1 aliphatic rings. The quantitative estimate of drug-likeness (QED) is 0.641. The summed E-state index contributed by atoms with van der Waals surface area (Å²) in [6.45, 7) is 9.05. The van der Waals surface area contributed by atoms with Crippen molar-refractivity contribution in [1.29, 1.82) is 0 Å². The van der Waals surface area contributed by atoms with Crippen molar-refractivity contribution >= 4 is 5.78 Å². The van der Waals surface area contributed by atoms with Crippen molar-refractivity contribution in [3.63, 3.8) is 0 Å². The normalized spacial score (nSPS) is 19.9. The highest BCUT2D eigenvalue weighted by molar-refractivity contribution is 5.81. The van der Waals surface area contributed by atoms with Crippen LogP contribution in [0.3, 0.4) is 0 Å². The molecule has 0 spiro atoms. The molecule has 1 rings (SSSR count). The van der Waals surface area contributed by atoms with Crippen molar-refractivity contribution in [3.05, 3.63) is 0 Å². The summed E-state index contributed by atoms with van der Waals surface area (Å²) in [7, 11) is 0. The molecule has 2 heteroatoms. The van der Waals surface area contributed by atoms with Crippen LogP contribution in [0.25, 0.3) is 0 Å². The number of likely N-dealkylation sites (tertiary alicyclic amines) is 1. The maximum atomic E-state index is 11.2. The molecule has 0 radical (unpaired) electrons. The Bertz CT molecular complexity index is 169. The molecule has 2 nitrogen and oxygen atoms in total. The van der Waals surface area contributed by atoms with Gasteiger partial charge in [-0.15, -0.1) is 0 Å². The van der Waals surface area contributed by atoms with Crippen LogP contribution < -0.4 is 0 Å². The fraction of sp³-hybridized carbons (Fsp3) is 0.900. The molecule has 1 aliphatic heterocycles. The van der Waals surface area contributed by atoms with Crippen LogP contribution in [0.15, 0.2) is 0 Å². The van der Waals surface area contributed by atoms with Crippen LogP contribution in [0, 0.1) is 5.41 Å². The van der Waals surface area contributed by atoms with Crippen LogP contribution in [-0.2, 0) is 4.79 Å². The maximum absolute atomic E-state index is 11.2. The molecule has 0 N–H and O–H groups in total. The van der Waals surface area contributed by atoms with E-state index in [0.29, 0.717) is 5.78 Å². The molecular weight excluding hydrogens is 150 g/mol. The summed E-state index contributed by atoms with van der Waals surface area (Å²) in [5.41, 5.74) is -0.148. The van der Waals surface area contributed by atoms with Crippen LogP contribution >= 0.6 is 0 Å². The van der Waals surface area contributed by atoms with Gasteiger partial charge in [0.2, 0.25) is 0 Å². The van der Waals surface area contributed by atoms with Crippen LogP contribution in [0.1, 0.15) is 33.6 Å². The Morgan fingerprint density at radius 1 is 1.33 bits per heavy atom. The molecule has 0 bridgehead atoms. The smallest absolute Gasteiger partial charge is 0.136 e. The summed E-state index contributed by atoms with van der Waals surface area (Å²) >= 11 is 0. The second-order valence-corrected chi connectivity index (χ2v) is 4.42. The number of nitrogens with zero attached hydrogens (tertiary/aromatic N) is 1. The van der Waals surface area contributed by atoms with Gasteiger partial charge in [0.25, 0.3) is 0 Å². The molecule has 0 aliphatic carbocycles. The summed E-state index contributed by atoms with van der Waals surface area (Å²) in [6, 6.07) is 0. The van der Waals surface area contributed by atoms with Crippen LogP contribution in [0.5, 0.6) is 0 Å². The summed E-state index contributed by atoms with van der Waals surface area (Å²) in [5, 5.41) is 0. The van der Waals surface area contributed by atoms with E-state index < -0.39 is 0 Å². The largest absolute Gasteiger partial charge is 0.302 e. The van der Waals surface area contributed by atoms with E-state index in [0.717, 1.165) is 6.54 Å². The van der Waals surface area contributed by atoms with E-state index in [1.165, 1.54) is 25.9 Å². The fourth-order valence-corrected chi connectivity index (χ4v) is 1.61. The molecule has 0 aromatic rings. The molecule has 0 saturated carbocycles. The Kier molecular flexibility index (Phi) is 2.89. The highest BCUT2D eigenvalue weighted by Crippen LogP contribution is 2.20. The van der Waals surface area contributed by atoms with Crippen LogP contribution in [0.2, 0.25) is 0 Å². The van der Waals surface area contributed by atoms with Gasteiger partial charge in [0.05, 0.1) is 0 Å². The molecule has 1 saturated heterocycles. The van der Waals surface area contributed by atoms with Crippen molar-refractivity contribution in [2.24, 2.45) is 5.41 Å². The molecule has 0 aromatic heterocycles. The van der Waals surface area contributed by atoms with E-state index in [1.807, 2.05) is 13.8 Å². The predicted octanol–water partition coefficient (Wildman–Crippen LogP) is 1.70. The van der Waals surface area contributed by atoms with Crippen LogP contribution in [-0.4, -0.2) is 30.3 Å². The molecule has 12 heavy (non-hydrogen) atoms. The Morgan fingerprint density at radius 2 is 1.83 bits per heavy atom. The first-order chi connectivity index (χ1) is 5.52. The van der Waals surface area contributed by atoms with Gasteiger partial charge >= 0.3 is 0 Å². The Labute approximate surface area is 74.9 Å². The van der Waals surface area contributed by atoms with E-state index in [2.05, 4.69) is 4.90 Å². The molecule has 70 valence electrons. The molecule has 1 fully saturated rings. The first-order valence-electron chi connectivity index (χ1n) is 4.76. The van der Waals surface area contributed by atoms with Gasteiger partial charge in [-0.1, -0.05) is 13.8 Å². The molecule has 0 atom stereocenters. The van der Waals surface area contributed by atoms with Gasteiger partial charge in [-0.3, -0.25) is 4.79 Å². The molecular formula is C10H19NO. The second kappa shape index (κ2) is 3.56. The number of hydrogen-bond donors (Lipinski definition) is 0. The Hall–Kier alpha value is -0.370. The third kappa shape index (κ3) is 2.31. The predicted molar refractivity (Wildman–Crippen MR) is 50.1 cm³/mol. The monoisotopic (exact) mass is 169 g/mol. The Balaban J connectivity index is 2.42. The maximum Gasteiger partial charge on any atom is 0.136 e. The van der Waals surface area contributed by atoms with E-state index in [4.69, 9.17) is 0 Å². The zero-order valence-corrected chi connectivity index (χ0v) is 8.39. The minimum absolute atomic E-state index is 0.148. The number of carbonyl (C=O) groups is 1. The van der Waals surface area contributed by atoms with Gasteiger partial charge in [-0.25, -0.2) is 0 Å². The first kappa shape index (κ1) is 9.72. The minimum Gasteiger partial charge on any atom is -0.302 e. The van der Waals surface area contributed by atoms with Crippen molar-refractivity contribution in [3.8, 4) is 0 Å².